The average molecular weight is 310 g/mol. The SMILES string of the molecule is Cc1cc(=O)c(O)c(CNC(=O)CC(C)(C)CC(=O)O)n1C. The van der Waals surface area contributed by atoms with Crippen molar-refractivity contribution < 1.29 is 19.8 Å². The van der Waals surface area contributed by atoms with E-state index in [1.807, 2.05) is 0 Å². The summed E-state index contributed by atoms with van der Waals surface area (Å²) in [6, 6.07) is 1.32. The molecule has 0 aliphatic heterocycles. The molecule has 3 N–H and O–H groups in total. The van der Waals surface area contributed by atoms with Crippen LogP contribution in [0, 0.1) is 12.3 Å². The fourth-order valence-corrected chi connectivity index (χ4v) is 2.22. The van der Waals surface area contributed by atoms with E-state index in [1.54, 1.807) is 32.4 Å². The molecule has 7 nitrogen and oxygen atoms in total. The third kappa shape index (κ3) is 4.61. The van der Waals surface area contributed by atoms with Crippen LogP contribution in [0.1, 0.15) is 38.1 Å². The minimum Gasteiger partial charge on any atom is -0.503 e. The van der Waals surface area contributed by atoms with Crippen molar-refractivity contribution in [2.45, 2.75) is 40.2 Å². The molecule has 0 unspecified atom stereocenters. The summed E-state index contributed by atoms with van der Waals surface area (Å²) >= 11 is 0. The standard InChI is InChI=1S/C15H22N2O5/c1-9-5-11(18)14(22)10(17(9)4)8-16-12(19)6-15(2,3)7-13(20)21/h5,22H,6-8H2,1-4H3,(H,16,19)(H,20,21). The van der Waals surface area contributed by atoms with Gasteiger partial charge in [0, 0.05) is 25.2 Å². The Morgan fingerprint density at radius 2 is 1.91 bits per heavy atom. The second-order valence-corrected chi connectivity index (χ2v) is 6.19. The second kappa shape index (κ2) is 6.64. The van der Waals surface area contributed by atoms with E-state index in [0.717, 1.165) is 0 Å². The molecule has 1 amide bonds. The van der Waals surface area contributed by atoms with Gasteiger partial charge in [0.05, 0.1) is 18.7 Å². The molecule has 122 valence electrons. The Bertz CT molecular complexity index is 646. The summed E-state index contributed by atoms with van der Waals surface area (Å²) in [5.41, 5.74) is -0.185. The Balaban J connectivity index is 2.77. The fourth-order valence-electron chi connectivity index (χ4n) is 2.22. The molecule has 0 aliphatic rings. The highest BCUT2D eigenvalue weighted by molar-refractivity contribution is 5.77. The van der Waals surface area contributed by atoms with Crippen LogP contribution < -0.4 is 10.7 Å². The Morgan fingerprint density at radius 1 is 1.32 bits per heavy atom. The van der Waals surface area contributed by atoms with Crippen molar-refractivity contribution in [3.05, 3.63) is 27.7 Å². The van der Waals surface area contributed by atoms with Gasteiger partial charge < -0.3 is 20.1 Å². The molecule has 0 aliphatic carbocycles. The van der Waals surface area contributed by atoms with Crippen LogP contribution in [0.3, 0.4) is 0 Å². The number of aliphatic carboxylic acids is 1. The number of aromatic hydroxyl groups is 1. The summed E-state index contributed by atoms with van der Waals surface area (Å²) in [5.74, 6) is -1.69. The Kier molecular flexibility index (Phi) is 5.35. The normalized spacial score (nSPS) is 11.3. The summed E-state index contributed by atoms with van der Waals surface area (Å²) in [6.07, 6.45) is -0.0750. The molecule has 0 spiro atoms. The minimum atomic E-state index is -0.962. The van der Waals surface area contributed by atoms with Crippen LogP contribution in [0.5, 0.6) is 5.75 Å². The summed E-state index contributed by atoms with van der Waals surface area (Å²) in [7, 11) is 1.68. The Labute approximate surface area is 128 Å². The van der Waals surface area contributed by atoms with Crippen LogP contribution in [0.15, 0.2) is 10.9 Å². The smallest absolute Gasteiger partial charge is 0.303 e. The van der Waals surface area contributed by atoms with Gasteiger partial charge in [-0.2, -0.15) is 0 Å². The van der Waals surface area contributed by atoms with Crippen molar-refractivity contribution in [2.75, 3.05) is 0 Å². The average Bonchev–Trinajstić information content (AvgIpc) is 2.34. The molecule has 0 fully saturated rings. The largest absolute Gasteiger partial charge is 0.503 e. The first-order valence-corrected chi connectivity index (χ1v) is 6.90. The lowest BCUT2D eigenvalue weighted by Crippen LogP contribution is -2.31. The van der Waals surface area contributed by atoms with Gasteiger partial charge in [0.2, 0.25) is 11.3 Å². The zero-order valence-corrected chi connectivity index (χ0v) is 13.3. The van der Waals surface area contributed by atoms with Crippen LogP contribution in [0.2, 0.25) is 0 Å². The topological polar surface area (TPSA) is 109 Å². The highest BCUT2D eigenvalue weighted by atomic mass is 16.4. The summed E-state index contributed by atoms with van der Waals surface area (Å²) in [5, 5.41) is 21.2. The van der Waals surface area contributed by atoms with E-state index >= 15 is 0 Å². The third-order valence-corrected chi connectivity index (χ3v) is 3.50. The Hall–Kier alpha value is -2.31. The first-order chi connectivity index (χ1) is 10.0. The molecule has 22 heavy (non-hydrogen) atoms. The molecule has 0 saturated heterocycles. The fraction of sp³-hybridized carbons (Fsp3) is 0.533. The summed E-state index contributed by atoms with van der Waals surface area (Å²) < 4.78 is 1.62. The third-order valence-electron chi connectivity index (χ3n) is 3.50. The zero-order chi connectivity index (χ0) is 17.1. The van der Waals surface area contributed by atoms with E-state index in [1.165, 1.54) is 6.07 Å². The molecular weight excluding hydrogens is 288 g/mol. The predicted octanol–water partition coefficient (Wildman–Crippen LogP) is 0.907. The van der Waals surface area contributed by atoms with E-state index in [4.69, 9.17) is 5.11 Å². The maximum atomic E-state index is 11.9. The van der Waals surface area contributed by atoms with Gasteiger partial charge in [-0.15, -0.1) is 0 Å². The second-order valence-electron chi connectivity index (χ2n) is 6.19. The van der Waals surface area contributed by atoms with Gasteiger partial charge in [-0.1, -0.05) is 13.8 Å². The summed E-state index contributed by atoms with van der Waals surface area (Å²) in [6.45, 7) is 5.12. The molecule has 0 aromatic carbocycles. The maximum absolute atomic E-state index is 11.9. The van der Waals surface area contributed by atoms with Gasteiger partial charge in [0.25, 0.3) is 0 Å². The number of aryl methyl sites for hydroxylation is 1. The number of amides is 1. The van der Waals surface area contributed by atoms with E-state index in [-0.39, 0.29) is 25.3 Å². The van der Waals surface area contributed by atoms with E-state index in [9.17, 15) is 19.5 Å². The number of hydrogen-bond donors (Lipinski definition) is 3. The first-order valence-electron chi connectivity index (χ1n) is 6.90. The van der Waals surface area contributed by atoms with E-state index in [0.29, 0.717) is 11.4 Å². The lowest BCUT2D eigenvalue weighted by molar-refractivity contribution is -0.139. The van der Waals surface area contributed by atoms with Gasteiger partial charge in [-0.05, 0) is 12.3 Å². The molecule has 1 aromatic heterocycles. The highest BCUT2D eigenvalue weighted by Gasteiger charge is 2.25. The van der Waals surface area contributed by atoms with Crippen LogP contribution in [0.25, 0.3) is 0 Å². The number of rotatable bonds is 6. The van der Waals surface area contributed by atoms with Crippen molar-refractivity contribution >= 4 is 11.9 Å². The zero-order valence-electron chi connectivity index (χ0n) is 13.3. The summed E-state index contributed by atoms with van der Waals surface area (Å²) in [4.78, 5) is 34.2. The molecule has 0 bridgehead atoms. The van der Waals surface area contributed by atoms with Crippen LogP contribution in [-0.4, -0.2) is 26.7 Å². The quantitative estimate of drug-likeness (QED) is 0.723. The van der Waals surface area contributed by atoms with Gasteiger partial charge in [0.1, 0.15) is 0 Å². The molecule has 1 aromatic rings. The number of aromatic nitrogens is 1. The predicted molar refractivity (Wildman–Crippen MR) is 80.6 cm³/mol. The Morgan fingerprint density at radius 3 is 2.45 bits per heavy atom. The number of carbonyl (C=O) groups is 2. The maximum Gasteiger partial charge on any atom is 0.303 e. The van der Waals surface area contributed by atoms with Gasteiger partial charge in [-0.3, -0.25) is 14.4 Å². The van der Waals surface area contributed by atoms with E-state index in [2.05, 4.69) is 5.32 Å². The molecule has 0 atom stereocenters. The number of carboxylic acids is 1. The van der Waals surface area contributed by atoms with Crippen molar-refractivity contribution in [1.29, 1.82) is 0 Å². The molecule has 1 rings (SSSR count). The molecule has 0 radical (unpaired) electrons. The van der Waals surface area contributed by atoms with Gasteiger partial charge >= 0.3 is 5.97 Å². The molecule has 0 saturated carbocycles. The minimum absolute atomic E-state index is 0.00123. The lowest BCUT2D eigenvalue weighted by Gasteiger charge is -2.22. The number of hydrogen-bond acceptors (Lipinski definition) is 4. The number of nitrogens with one attached hydrogen (secondary N) is 1. The van der Waals surface area contributed by atoms with Crippen molar-refractivity contribution in [1.82, 2.24) is 9.88 Å². The van der Waals surface area contributed by atoms with Crippen LogP contribution in [0.4, 0.5) is 0 Å². The number of pyridine rings is 1. The van der Waals surface area contributed by atoms with E-state index < -0.39 is 22.6 Å². The molecule has 7 heteroatoms. The van der Waals surface area contributed by atoms with Gasteiger partial charge in [-0.25, -0.2) is 0 Å². The lowest BCUT2D eigenvalue weighted by atomic mass is 9.85. The molecule has 1 heterocycles. The van der Waals surface area contributed by atoms with Crippen LogP contribution in [-0.2, 0) is 23.2 Å². The number of nitrogens with zero attached hydrogens (tertiary/aromatic N) is 1. The first kappa shape index (κ1) is 17.7. The number of carbonyl (C=O) groups excluding carboxylic acids is 1. The van der Waals surface area contributed by atoms with Crippen molar-refractivity contribution in [3.63, 3.8) is 0 Å². The molecular formula is C15H22N2O5. The number of carboxylic acid groups (broad SMARTS) is 1. The van der Waals surface area contributed by atoms with Gasteiger partial charge in [0.15, 0.2) is 5.75 Å². The highest BCUT2D eigenvalue weighted by Crippen LogP contribution is 2.24. The van der Waals surface area contributed by atoms with Crippen molar-refractivity contribution in [3.8, 4) is 5.75 Å². The van der Waals surface area contributed by atoms with Crippen LogP contribution >= 0.6 is 0 Å². The van der Waals surface area contributed by atoms with Crippen molar-refractivity contribution in [2.24, 2.45) is 12.5 Å². The monoisotopic (exact) mass is 310 g/mol.